The third kappa shape index (κ3) is 5.45. The van der Waals surface area contributed by atoms with E-state index in [0.29, 0.717) is 12.1 Å². The van der Waals surface area contributed by atoms with E-state index >= 15 is 8.78 Å². The molecular weight excluding hydrogens is 458 g/mol. The quantitative estimate of drug-likeness (QED) is 0.346. The molecule has 2 unspecified atom stereocenters. The molecule has 11 heteroatoms. The number of carbonyl (C=O) groups is 1. The van der Waals surface area contributed by atoms with Crippen molar-refractivity contribution in [1.82, 2.24) is 14.9 Å². The molecule has 0 aliphatic rings. The van der Waals surface area contributed by atoms with E-state index in [2.05, 4.69) is 36.3 Å². The molecule has 190 valence electrons. The summed E-state index contributed by atoms with van der Waals surface area (Å²) in [5.74, 6) is -4.01. The molecule has 0 saturated carbocycles. The molecule has 0 aliphatic heterocycles. The fourth-order valence-electron chi connectivity index (χ4n) is 3.82. The fourth-order valence-corrected chi connectivity index (χ4v) is 3.82. The number of hydrogen-bond donors (Lipinski definition) is 4. The molecule has 0 saturated heterocycles. The fraction of sp³-hybridized carbons (Fsp3) is 0.458. The van der Waals surface area contributed by atoms with Crippen molar-refractivity contribution in [1.29, 1.82) is 0 Å². The number of halogens is 2. The van der Waals surface area contributed by atoms with E-state index in [1.165, 1.54) is 23.7 Å². The van der Waals surface area contributed by atoms with Crippen molar-refractivity contribution >= 4 is 17.6 Å². The Kier molecular flexibility index (Phi) is 7.21. The van der Waals surface area contributed by atoms with Crippen LogP contribution < -0.4 is 16.8 Å². The first-order chi connectivity index (χ1) is 16.2. The van der Waals surface area contributed by atoms with Crippen LogP contribution in [-0.4, -0.2) is 32.2 Å². The first-order valence-electron chi connectivity index (χ1n) is 11.3. The van der Waals surface area contributed by atoms with Crippen molar-refractivity contribution < 1.29 is 23.2 Å². The smallest absolute Gasteiger partial charge is 0.254 e. The molecule has 6 N–H and O–H groups in total. The highest BCUT2D eigenvalue weighted by Gasteiger charge is 2.29. The van der Waals surface area contributed by atoms with E-state index in [9.17, 15) is 9.90 Å². The summed E-state index contributed by atoms with van der Waals surface area (Å²) in [6.07, 6.45) is -0.641. The van der Waals surface area contributed by atoms with Crippen molar-refractivity contribution in [3.63, 3.8) is 0 Å². The molecule has 0 fully saturated rings. The summed E-state index contributed by atoms with van der Waals surface area (Å²) in [6.45, 7) is 11.2. The SMILES string of the molecule is CC(c1ccc(-c2nn(C(C)C)c(N)c2C(N)=O)c(F)c1F)C(O)Nc1cc(CC(C)(C)C)no1. The van der Waals surface area contributed by atoms with Gasteiger partial charge in [0.05, 0.1) is 5.69 Å². The number of primary amides is 1. The summed E-state index contributed by atoms with van der Waals surface area (Å²) in [5, 5.41) is 21.5. The van der Waals surface area contributed by atoms with E-state index in [0.717, 1.165) is 0 Å². The first kappa shape index (κ1) is 26.1. The number of nitrogens with zero attached hydrogens (tertiary/aromatic N) is 3. The minimum atomic E-state index is -1.30. The van der Waals surface area contributed by atoms with Gasteiger partial charge in [-0.25, -0.2) is 13.5 Å². The third-order valence-corrected chi connectivity index (χ3v) is 5.58. The Balaban J connectivity index is 1.89. The second-order valence-corrected chi connectivity index (χ2v) is 10.1. The zero-order valence-corrected chi connectivity index (χ0v) is 20.7. The largest absolute Gasteiger partial charge is 0.383 e. The monoisotopic (exact) mass is 490 g/mol. The lowest BCUT2D eigenvalue weighted by molar-refractivity contribution is 0.100. The number of carbonyl (C=O) groups excluding carboxylic acids is 1. The second kappa shape index (κ2) is 9.65. The highest BCUT2D eigenvalue weighted by molar-refractivity contribution is 6.03. The number of rotatable bonds is 8. The highest BCUT2D eigenvalue weighted by Crippen LogP contribution is 2.35. The predicted octanol–water partition coefficient (Wildman–Crippen LogP) is 4.20. The van der Waals surface area contributed by atoms with Crippen LogP contribution in [0, 0.1) is 17.0 Å². The number of nitrogens with one attached hydrogen (secondary N) is 1. The Morgan fingerprint density at radius 2 is 1.89 bits per heavy atom. The summed E-state index contributed by atoms with van der Waals surface area (Å²) < 4.78 is 36.9. The van der Waals surface area contributed by atoms with Crippen LogP contribution in [0.1, 0.15) is 75.1 Å². The summed E-state index contributed by atoms with van der Waals surface area (Å²) in [7, 11) is 0. The van der Waals surface area contributed by atoms with Gasteiger partial charge in [-0.1, -0.05) is 38.9 Å². The first-order valence-corrected chi connectivity index (χ1v) is 11.3. The molecule has 2 heterocycles. The van der Waals surface area contributed by atoms with Crippen LogP contribution in [0.5, 0.6) is 0 Å². The van der Waals surface area contributed by atoms with E-state index in [1.54, 1.807) is 19.9 Å². The second-order valence-electron chi connectivity index (χ2n) is 10.1. The van der Waals surface area contributed by atoms with Crippen LogP contribution in [0.15, 0.2) is 22.7 Å². The minimum Gasteiger partial charge on any atom is -0.383 e. The predicted molar refractivity (Wildman–Crippen MR) is 129 cm³/mol. The molecule has 1 aromatic carbocycles. The lowest BCUT2D eigenvalue weighted by Gasteiger charge is -2.21. The number of amides is 1. The van der Waals surface area contributed by atoms with Crippen LogP contribution in [0.2, 0.25) is 0 Å². The van der Waals surface area contributed by atoms with Gasteiger partial charge >= 0.3 is 0 Å². The Bertz CT molecular complexity index is 1230. The maximum absolute atomic E-state index is 15.2. The summed E-state index contributed by atoms with van der Waals surface area (Å²) >= 11 is 0. The van der Waals surface area contributed by atoms with Crippen LogP contribution in [0.25, 0.3) is 11.3 Å². The van der Waals surface area contributed by atoms with Crippen molar-refractivity contribution in [2.75, 3.05) is 11.1 Å². The topological polar surface area (TPSA) is 145 Å². The highest BCUT2D eigenvalue weighted by atomic mass is 19.2. The number of aromatic nitrogens is 3. The number of aliphatic hydroxyl groups excluding tert-OH is 1. The molecule has 0 radical (unpaired) electrons. The standard InChI is InChI=1S/C24H32F2N6O3/c1-11(2)32-21(27)17(22(28)33)20(30-32)15-8-7-14(18(25)19(15)26)12(3)23(34)29-16-9-13(31-35-16)10-24(4,5)6/h7-9,11-12,23,29,34H,10,27H2,1-6H3,(H2,28,33). The number of nitrogen functional groups attached to an aromatic ring is 1. The molecule has 1 amide bonds. The van der Waals surface area contributed by atoms with Crippen LogP contribution >= 0.6 is 0 Å². The molecule has 2 atom stereocenters. The summed E-state index contributed by atoms with van der Waals surface area (Å²) in [6, 6.07) is 4.02. The van der Waals surface area contributed by atoms with Gasteiger partial charge in [0.1, 0.15) is 23.3 Å². The lowest BCUT2D eigenvalue weighted by Crippen LogP contribution is -2.26. The van der Waals surface area contributed by atoms with Crippen molar-refractivity contribution in [2.24, 2.45) is 11.1 Å². The van der Waals surface area contributed by atoms with Crippen molar-refractivity contribution in [3.8, 4) is 11.3 Å². The average molecular weight is 491 g/mol. The van der Waals surface area contributed by atoms with Crippen molar-refractivity contribution in [3.05, 3.63) is 46.7 Å². The Morgan fingerprint density at radius 1 is 1.23 bits per heavy atom. The van der Waals surface area contributed by atoms with Gasteiger partial charge in [0.2, 0.25) is 5.88 Å². The molecule has 0 aliphatic carbocycles. The zero-order chi connectivity index (χ0) is 26.2. The minimum absolute atomic E-state index is 0.00744. The van der Waals surface area contributed by atoms with Crippen LogP contribution in [0.3, 0.4) is 0 Å². The van der Waals surface area contributed by atoms with Gasteiger partial charge in [0.15, 0.2) is 11.6 Å². The molecule has 35 heavy (non-hydrogen) atoms. The Labute approximate surface area is 202 Å². The van der Waals surface area contributed by atoms with Gasteiger partial charge in [0, 0.05) is 23.6 Å². The molecule has 0 spiro atoms. The molecule has 3 rings (SSSR count). The Morgan fingerprint density at radius 3 is 2.46 bits per heavy atom. The molecule has 3 aromatic rings. The van der Waals surface area contributed by atoms with Crippen LogP contribution in [0.4, 0.5) is 20.5 Å². The summed E-state index contributed by atoms with van der Waals surface area (Å²) in [5.41, 5.74) is 11.4. The molecule has 9 nitrogen and oxygen atoms in total. The summed E-state index contributed by atoms with van der Waals surface area (Å²) in [4.78, 5) is 12.0. The maximum atomic E-state index is 15.2. The number of benzene rings is 1. The maximum Gasteiger partial charge on any atom is 0.254 e. The zero-order valence-electron chi connectivity index (χ0n) is 20.7. The average Bonchev–Trinajstić information content (AvgIpc) is 3.31. The van der Waals surface area contributed by atoms with E-state index in [-0.39, 0.29) is 45.5 Å². The lowest BCUT2D eigenvalue weighted by atomic mass is 9.91. The van der Waals surface area contributed by atoms with Gasteiger partial charge in [-0.05, 0) is 37.3 Å². The molecule has 2 aromatic heterocycles. The number of anilines is 2. The van der Waals surface area contributed by atoms with Crippen molar-refractivity contribution in [2.45, 2.75) is 66.2 Å². The van der Waals surface area contributed by atoms with Gasteiger partial charge in [0.25, 0.3) is 5.91 Å². The van der Waals surface area contributed by atoms with Gasteiger partial charge in [-0.3, -0.25) is 4.79 Å². The van der Waals surface area contributed by atoms with E-state index in [4.69, 9.17) is 16.0 Å². The normalized spacial score (nSPS) is 13.8. The van der Waals surface area contributed by atoms with Crippen LogP contribution in [-0.2, 0) is 6.42 Å². The number of hydrogen-bond acceptors (Lipinski definition) is 7. The van der Waals surface area contributed by atoms with Gasteiger partial charge in [-0.15, -0.1) is 0 Å². The number of nitrogens with two attached hydrogens (primary N) is 2. The molecular formula is C24H32F2N6O3. The third-order valence-electron chi connectivity index (χ3n) is 5.58. The van der Waals surface area contributed by atoms with Gasteiger partial charge < -0.3 is 26.4 Å². The van der Waals surface area contributed by atoms with E-state index in [1.807, 2.05) is 0 Å². The van der Waals surface area contributed by atoms with E-state index < -0.39 is 29.7 Å². The van der Waals surface area contributed by atoms with Gasteiger partial charge in [-0.2, -0.15) is 5.10 Å². The molecule has 0 bridgehead atoms. The number of aliphatic hydroxyl groups is 1. The Hall–Kier alpha value is -3.47.